The van der Waals surface area contributed by atoms with Crippen molar-refractivity contribution in [2.75, 3.05) is 5.75 Å². The molecule has 4 rings (SSSR count). The number of benzene rings is 1. The summed E-state index contributed by atoms with van der Waals surface area (Å²) in [6.45, 7) is 6.11. The SMILES string of the molecule is Cc1ccccc1C1C[C@H]2CC[C@@H](C1)N2C(=O)CSCc1c(C)noc1C. The molecule has 2 aliphatic heterocycles. The van der Waals surface area contributed by atoms with Gasteiger partial charge in [0.15, 0.2) is 0 Å². The van der Waals surface area contributed by atoms with Crippen LogP contribution in [-0.2, 0) is 10.5 Å². The molecule has 1 unspecified atom stereocenters. The minimum absolute atomic E-state index is 0.308. The van der Waals surface area contributed by atoms with Crippen LogP contribution in [0.1, 0.15) is 59.7 Å². The van der Waals surface area contributed by atoms with E-state index in [0.717, 1.165) is 48.5 Å². The Kier molecular flexibility index (Phi) is 5.31. The monoisotopic (exact) mass is 384 g/mol. The number of aromatic nitrogens is 1. The Morgan fingerprint density at radius 3 is 2.52 bits per heavy atom. The van der Waals surface area contributed by atoms with Crippen molar-refractivity contribution in [3.8, 4) is 0 Å². The second-order valence-corrected chi connectivity index (χ2v) is 8.99. The van der Waals surface area contributed by atoms with Crippen LogP contribution in [0.5, 0.6) is 0 Å². The van der Waals surface area contributed by atoms with Gasteiger partial charge in [0, 0.05) is 23.4 Å². The van der Waals surface area contributed by atoms with Gasteiger partial charge < -0.3 is 9.42 Å². The molecular formula is C22H28N2O2S. The molecule has 0 spiro atoms. The van der Waals surface area contributed by atoms with Gasteiger partial charge in [0.2, 0.25) is 5.91 Å². The third-order valence-corrected chi connectivity index (χ3v) is 7.25. The number of hydrogen-bond donors (Lipinski definition) is 0. The van der Waals surface area contributed by atoms with E-state index in [1.54, 1.807) is 11.8 Å². The van der Waals surface area contributed by atoms with Gasteiger partial charge in [-0.15, -0.1) is 11.8 Å². The van der Waals surface area contributed by atoms with E-state index in [0.29, 0.717) is 29.7 Å². The van der Waals surface area contributed by atoms with Crippen LogP contribution < -0.4 is 0 Å². The van der Waals surface area contributed by atoms with Gasteiger partial charge in [-0.2, -0.15) is 0 Å². The first-order valence-electron chi connectivity index (χ1n) is 9.90. The van der Waals surface area contributed by atoms with Crippen LogP contribution in [0.25, 0.3) is 0 Å². The number of piperidine rings is 1. The third-order valence-electron chi connectivity index (χ3n) is 6.30. The summed E-state index contributed by atoms with van der Waals surface area (Å²) in [5.41, 5.74) is 4.94. The highest BCUT2D eigenvalue weighted by molar-refractivity contribution is 7.99. The number of rotatable bonds is 5. The van der Waals surface area contributed by atoms with E-state index < -0.39 is 0 Å². The first-order valence-corrected chi connectivity index (χ1v) is 11.1. The molecule has 2 bridgehead atoms. The molecule has 3 heterocycles. The molecule has 1 aromatic heterocycles. The lowest BCUT2D eigenvalue weighted by molar-refractivity contribution is -0.132. The normalized spacial score (nSPS) is 24.4. The zero-order chi connectivity index (χ0) is 19.0. The largest absolute Gasteiger partial charge is 0.361 e. The van der Waals surface area contributed by atoms with E-state index in [4.69, 9.17) is 4.52 Å². The molecule has 2 aliphatic rings. The van der Waals surface area contributed by atoms with Crippen molar-refractivity contribution in [3.05, 3.63) is 52.4 Å². The Morgan fingerprint density at radius 2 is 1.89 bits per heavy atom. The van der Waals surface area contributed by atoms with Gasteiger partial charge in [0.25, 0.3) is 0 Å². The zero-order valence-corrected chi connectivity index (χ0v) is 17.2. The van der Waals surface area contributed by atoms with Crippen LogP contribution in [0.15, 0.2) is 28.8 Å². The lowest BCUT2D eigenvalue weighted by Gasteiger charge is -2.39. The average Bonchev–Trinajstić information content (AvgIpc) is 3.11. The van der Waals surface area contributed by atoms with E-state index in [9.17, 15) is 4.79 Å². The molecule has 2 aromatic rings. The number of thioether (sulfide) groups is 1. The molecule has 1 aromatic carbocycles. The summed E-state index contributed by atoms with van der Waals surface area (Å²) in [6, 6.07) is 9.58. The number of aryl methyl sites for hydroxylation is 3. The molecule has 0 saturated carbocycles. The van der Waals surface area contributed by atoms with Crippen molar-refractivity contribution < 1.29 is 9.32 Å². The molecule has 0 aliphatic carbocycles. The standard InChI is InChI=1S/C22H28N2O2S/c1-14-6-4-5-7-20(14)17-10-18-8-9-19(11-17)24(18)22(25)13-27-12-21-15(2)23-26-16(21)3/h4-7,17-19H,8-13H2,1-3H3/t17?,18-,19+. The molecule has 2 fully saturated rings. The summed E-state index contributed by atoms with van der Waals surface area (Å²) in [7, 11) is 0. The second kappa shape index (κ2) is 7.70. The van der Waals surface area contributed by atoms with Gasteiger partial charge in [0.05, 0.1) is 11.4 Å². The maximum Gasteiger partial charge on any atom is 0.233 e. The summed E-state index contributed by atoms with van der Waals surface area (Å²) >= 11 is 1.68. The molecule has 4 nitrogen and oxygen atoms in total. The minimum atomic E-state index is 0.308. The summed E-state index contributed by atoms with van der Waals surface area (Å²) in [5, 5.41) is 4.00. The van der Waals surface area contributed by atoms with Gasteiger partial charge in [-0.25, -0.2) is 0 Å². The number of carbonyl (C=O) groups is 1. The van der Waals surface area contributed by atoms with E-state index in [1.165, 1.54) is 11.1 Å². The Balaban J connectivity index is 1.36. The highest BCUT2D eigenvalue weighted by Crippen LogP contribution is 2.44. The van der Waals surface area contributed by atoms with Crippen LogP contribution >= 0.6 is 11.8 Å². The average molecular weight is 385 g/mol. The number of amides is 1. The van der Waals surface area contributed by atoms with E-state index in [1.807, 2.05) is 13.8 Å². The van der Waals surface area contributed by atoms with Gasteiger partial charge in [-0.1, -0.05) is 29.4 Å². The number of fused-ring (bicyclic) bond motifs is 2. The third kappa shape index (κ3) is 3.66. The van der Waals surface area contributed by atoms with Crippen LogP contribution in [0.2, 0.25) is 0 Å². The van der Waals surface area contributed by atoms with Crippen molar-refractivity contribution in [2.45, 2.75) is 70.2 Å². The topological polar surface area (TPSA) is 46.3 Å². The maximum absolute atomic E-state index is 12.9. The predicted molar refractivity (Wildman–Crippen MR) is 109 cm³/mol. The Bertz CT molecular complexity index is 798. The summed E-state index contributed by atoms with van der Waals surface area (Å²) in [5.74, 6) is 3.12. The molecule has 1 amide bonds. The fourth-order valence-electron chi connectivity index (χ4n) is 4.91. The van der Waals surface area contributed by atoms with E-state index in [2.05, 4.69) is 41.2 Å². The highest BCUT2D eigenvalue weighted by Gasteiger charge is 2.43. The quantitative estimate of drug-likeness (QED) is 0.745. The summed E-state index contributed by atoms with van der Waals surface area (Å²) < 4.78 is 5.22. The van der Waals surface area contributed by atoms with Gasteiger partial charge in [0.1, 0.15) is 5.76 Å². The first-order chi connectivity index (χ1) is 13.0. The van der Waals surface area contributed by atoms with Crippen molar-refractivity contribution in [1.82, 2.24) is 10.1 Å². The second-order valence-electron chi connectivity index (χ2n) is 8.01. The van der Waals surface area contributed by atoms with Gasteiger partial charge >= 0.3 is 0 Å². The van der Waals surface area contributed by atoms with Crippen LogP contribution in [0.3, 0.4) is 0 Å². The molecule has 0 radical (unpaired) electrons. The van der Waals surface area contributed by atoms with E-state index in [-0.39, 0.29) is 0 Å². The smallest absolute Gasteiger partial charge is 0.233 e. The van der Waals surface area contributed by atoms with Gasteiger partial charge in [-0.05, 0) is 63.5 Å². The molecule has 0 N–H and O–H groups in total. The number of carbonyl (C=O) groups excluding carboxylic acids is 1. The van der Waals surface area contributed by atoms with E-state index >= 15 is 0 Å². The Morgan fingerprint density at radius 1 is 1.19 bits per heavy atom. The fourth-order valence-corrected chi connectivity index (χ4v) is 5.95. The van der Waals surface area contributed by atoms with Crippen molar-refractivity contribution in [2.24, 2.45) is 0 Å². The molecule has 144 valence electrons. The zero-order valence-electron chi connectivity index (χ0n) is 16.4. The molecular weight excluding hydrogens is 356 g/mol. The first kappa shape index (κ1) is 18.6. The minimum Gasteiger partial charge on any atom is -0.361 e. The van der Waals surface area contributed by atoms with Crippen LogP contribution in [0.4, 0.5) is 0 Å². The van der Waals surface area contributed by atoms with Crippen LogP contribution in [0, 0.1) is 20.8 Å². The predicted octanol–water partition coefficient (Wildman–Crippen LogP) is 4.77. The molecule has 2 saturated heterocycles. The Hall–Kier alpha value is -1.75. The van der Waals surface area contributed by atoms with Crippen molar-refractivity contribution >= 4 is 17.7 Å². The molecule has 3 atom stereocenters. The summed E-state index contributed by atoms with van der Waals surface area (Å²) in [6.07, 6.45) is 4.55. The van der Waals surface area contributed by atoms with Crippen molar-refractivity contribution in [3.63, 3.8) is 0 Å². The van der Waals surface area contributed by atoms with Crippen molar-refractivity contribution in [1.29, 1.82) is 0 Å². The number of nitrogens with zero attached hydrogens (tertiary/aromatic N) is 2. The fraction of sp³-hybridized carbons (Fsp3) is 0.545. The molecule has 27 heavy (non-hydrogen) atoms. The molecule has 5 heteroatoms. The van der Waals surface area contributed by atoms with Crippen LogP contribution in [-0.4, -0.2) is 33.8 Å². The highest BCUT2D eigenvalue weighted by atomic mass is 32.2. The van der Waals surface area contributed by atoms with Gasteiger partial charge in [-0.3, -0.25) is 4.79 Å². The maximum atomic E-state index is 12.9. The number of hydrogen-bond acceptors (Lipinski definition) is 4. The lowest BCUT2D eigenvalue weighted by Crippen LogP contribution is -2.46. The Labute approximate surface area is 165 Å². The lowest BCUT2D eigenvalue weighted by atomic mass is 9.83. The summed E-state index contributed by atoms with van der Waals surface area (Å²) in [4.78, 5) is 15.2.